The van der Waals surface area contributed by atoms with Crippen LogP contribution in [0.3, 0.4) is 0 Å². The minimum atomic E-state index is -0.238. The van der Waals surface area contributed by atoms with Crippen molar-refractivity contribution in [2.24, 2.45) is 0 Å². The van der Waals surface area contributed by atoms with Gasteiger partial charge in [-0.2, -0.15) is 0 Å². The first-order valence-electron chi connectivity index (χ1n) is 9.80. The summed E-state index contributed by atoms with van der Waals surface area (Å²) < 4.78 is 5.43. The van der Waals surface area contributed by atoms with Gasteiger partial charge in [0, 0.05) is 31.5 Å². The van der Waals surface area contributed by atoms with Gasteiger partial charge in [0.25, 0.3) is 5.91 Å². The number of carbonyl (C=O) groups excluding carboxylic acids is 3. The van der Waals surface area contributed by atoms with Gasteiger partial charge in [-0.3, -0.25) is 14.4 Å². The van der Waals surface area contributed by atoms with Crippen LogP contribution in [0, 0.1) is 0 Å². The van der Waals surface area contributed by atoms with E-state index < -0.39 is 0 Å². The molecule has 2 aromatic carbocycles. The number of nitrogens with zero attached hydrogens (tertiary/aromatic N) is 2. The first-order valence-corrected chi connectivity index (χ1v) is 9.80. The van der Waals surface area contributed by atoms with E-state index in [1.54, 1.807) is 18.2 Å². The van der Waals surface area contributed by atoms with Gasteiger partial charge in [-0.15, -0.1) is 0 Å². The Hall–Kier alpha value is -3.68. The maximum atomic E-state index is 12.3. The lowest BCUT2D eigenvalue weighted by molar-refractivity contribution is -0.122. The molecule has 8 heteroatoms. The molecule has 1 aliphatic heterocycles. The highest BCUT2D eigenvalue weighted by molar-refractivity contribution is 6.01. The van der Waals surface area contributed by atoms with Gasteiger partial charge in [0.15, 0.2) is 12.4 Å². The Labute approximate surface area is 173 Å². The fourth-order valence-electron chi connectivity index (χ4n) is 3.41. The molecule has 0 radical (unpaired) electrons. The molecule has 0 saturated heterocycles. The molecule has 0 spiro atoms. The molecule has 1 aromatic heterocycles. The Kier molecular flexibility index (Phi) is 5.47. The third kappa shape index (κ3) is 4.17. The normalized spacial score (nSPS) is 13.1. The van der Waals surface area contributed by atoms with Gasteiger partial charge in [-0.05, 0) is 37.3 Å². The maximum Gasteiger partial charge on any atom is 0.265 e. The number of nitrogens with one attached hydrogen (secondary N) is 2. The van der Waals surface area contributed by atoms with Gasteiger partial charge >= 0.3 is 0 Å². The minimum Gasteiger partial charge on any atom is -0.482 e. The molecule has 0 fully saturated rings. The van der Waals surface area contributed by atoms with E-state index in [-0.39, 0.29) is 37.2 Å². The highest BCUT2D eigenvalue weighted by Gasteiger charge is 2.26. The van der Waals surface area contributed by atoms with E-state index in [1.165, 1.54) is 11.8 Å². The first-order chi connectivity index (χ1) is 14.5. The Morgan fingerprint density at radius 2 is 2.07 bits per heavy atom. The van der Waals surface area contributed by atoms with Crippen molar-refractivity contribution >= 4 is 34.3 Å². The third-order valence-corrected chi connectivity index (χ3v) is 4.99. The number of Topliss-reactive ketones (excluding diaryl/α,β-unsaturated/α-hetero) is 1. The standard InChI is InChI=1S/C22H22N4O4/c1-14(27)15-6-7-19-18(12-15)26(22(29)13-30-19)11-9-21(28)23-10-8-20-24-16-4-2-3-5-17(16)25-20/h2-7,12H,8-11,13H2,1H3,(H,23,28)(H,24,25). The number of fused-ring (bicyclic) bond motifs is 2. The van der Waals surface area contributed by atoms with Crippen LogP contribution in [0.2, 0.25) is 0 Å². The van der Waals surface area contributed by atoms with Gasteiger partial charge in [0.2, 0.25) is 5.91 Å². The molecule has 1 aliphatic rings. The van der Waals surface area contributed by atoms with E-state index in [0.717, 1.165) is 16.9 Å². The fourth-order valence-corrected chi connectivity index (χ4v) is 3.41. The number of benzene rings is 2. The number of aromatic amines is 1. The summed E-state index contributed by atoms with van der Waals surface area (Å²) in [5, 5.41) is 2.86. The van der Waals surface area contributed by atoms with Crippen molar-refractivity contribution in [3.8, 4) is 5.75 Å². The van der Waals surface area contributed by atoms with E-state index in [0.29, 0.717) is 30.0 Å². The second-order valence-corrected chi connectivity index (χ2v) is 7.12. The molecule has 154 valence electrons. The van der Waals surface area contributed by atoms with Crippen molar-refractivity contribution in [3.63, 3.8) is 0 Å². The number of hydrogen-bond acceptors (Lipinski definition) is 5. The molecule has 2 N–H and O–H groups in total. The van der Waals surface area contributed by atoms with Crippen LogP contribution in [0.5, 0.6) is 5.75 Å². The Morgan fingerprint density at radius 3 is 2.87 bits per heavy atom. The second-order valence-electron chi connectivity index (χ2n) is 7.12. The summed E-state index contributed by atoms with van der Waals surface area (Å²) in [4.78, 5) is 45.5. The summed E-state index contributed by atoms with van der Waals surface area (Å²) in [6.07, 6.45) is 0.733. The highest BCUT2D eigenvalue weighted by atomic mass is 16.5. The van der Waals surface area contributed by atoms with Crippen LogP contribution in [0.15, 0.2) is 42.5 Å². The zero-order chi connectivity index (χ0) is 21.1. The van der Waals surface area contributed by atoms with E-state index in [2.05, 4.69) is 15.3 Å². The molecule has 30 heavy (non-hydrogen) atoms. The molecule has 0 aliphatic carbocycles. The molecule has 2 amide bonds. The van der Waals surface area contributed by atoms with Gasteiger partial charge in [0.1, 0.15) is 11.6 Å². The van der Waals surface area contributed by atoms with E-state index >= 15 is 0 Å². The van der Waals surface area contributed by atoms with Crippen LogP contribution >= 0.6 is 0 Å². The number of para-hydroxylation sites is 2. The molecule has 0 unspecified atom stereocenters. The van der Waals surface area contributed by atoms with E-state index in [9.17, 15) is 14.4 Å². The van der Waals surface area contributed by atoms with E-state index in [1.807, 2.05) is 24.3 Å². The molecule has 3 aromatic rings. The van der Waals surface area contributed by atoms with Gasteiger partial charge in [-0.1, -0.05) is 12.1 Å². The number of ether oxygens (including phenoxy) is 1. The summed E-state index contributed by atoms with van der Waals surface area (Å²) in [6.45, 7) is 2.04. The SMILES string of the molecule is CC(=O)c1ccc2c(c1)N(CCC(=O)NCCc1nc3ccccc3[nH]1)C(=O)CO2. The molecule has 0 atom stereocenters. The molecular formula is C22H22N4O4. The number of amides is 2. The number of ketones is 1. The van der Waals surface area contributed by atoms with Crippen LogP contribution < -0.4 is 15.0 Å². The van der Waals surface area contributed by atoms with Crippen LogP contribution in [-0.4, -0.2) is 47.3 Å². The average molecular weight is 406 g/mol. The summed E-state index contributed by atoms with van der Waals surface area (Å²) in [6, 6.07) is 12.7. The van der Waals surface area contributed by atoms with Crippen LogP contribution in [0.25, 0.3) is 11.0 Å². The summed E-state index contributed by atoms with van der Waals surface area (Å²) >= 11 is 0. The average Bonchev–Trinajstić information content (AvgIpc) is 3.15. The summed E-state index contributed by atoms with van der Waals surface area (Å²) in [5.74, 6) is 0.850. The number of carbonyl (C=O) groups is 3. The zero-order valence-corrected chi connectivity index (χ0v) is 16.6. The zero-order valence-electron chi connectivity index (χ0n) is 16.6. The van der Waals surface area contributed by atoms with Crippen molar-refractivity contribution in [3.05, 3.63) is 53.9 Å². The fraction of sp³-hybridized carbons (Fsp3) is 0.273. The monoisotopic (exact) mass is 406 g/mol. The van der Waals surface area contributed by atoms with Crippen LogP contribution in [0.4, 0.5) is 5.69 Å². The molecule has 2 heterocycles. The molecule has 8 nitrogen and oxygen atoms in total. The number of imidazole rings is 1. The maximum absolute atomic E-state index is 12.3. The van der Waals surface area contributed by atoms with Crippen LogP contribution in [-0.2, 0) is 16.0 Å². The quantitative estimate of drug-likeness (QED) is 0.586. The lowest BCUT2D eigenvalue weighted by Gasteiger charge is -2.29. The van der Waals surface area contributed by atoms with E-state index in [4.69, 9.17) is 4.74 Å². The second kappa shape index (κ2) is 8.36. The number of aromatic nitrogens is 2. The van der Waals surface area contributed by atoms with Gasteiger partial charge in [-0.25, -0.2) is 4.98 Å². The van der Waals surface area contributed by atoms with Gasteiger partial charge < -0.3 is 19.9 Å². The Morgan fingerprint density at radius 1 is 1.23 bits per heavy atom. The van der Waals surface area contributed by atoms with Crippen molar-refractivity contribution in [1.82, 2.24) is 15.3 Å². The van der Waals surface area contributed by atoms with Crippen molar-refractivity contribution in [1.29, 1.82) is 0 Å². The van der Waals surface area contributed by atoms with Gasteiger partial charge in [0.05, 0.1) is 16.7 Å². The summed E-state index contributed by atoms with van der Waals surface area (Å²) in [7, 11) is 0. The van der Waals surface area contributed by atoms with Crippen LogP contribution in [0.1, 0.15) is 29.5 Å². The van der Waals surface area contributed by atoms with Crippen molar-refractivity contribution < 1.29 is 19.1 Å². The van der Waals surface area contributed by atoms with Crippen molar-refractivity contribution in [2.45, 2.75) is 19.8 Å². The predicted molar refractivity (Wildman–Crippen MR) is 112 cm³/mol. The Balaban J connectivity index is 1.33. The largest absolute Gasteiger partial charge is 0.482 e. The lowest BCUT2D eigenvalue weighted by atomic mass is 10.1. The predicted octanol–water partition coefficient (Wildman–Crippen LogP) is 2.24. The molecular weight excluding hydrogens is 384 g/mol. The minimum absolute atomic E-state index is 0.0832. The highest BCUT2D eigenvalue weighted by Crippen LogP contribution is 2.33. The number of rotatable bonds is 7. The number of anilines is 1. The lowest BCUT2D eigenvalue weighted by Crippen LogP contribution is -2.41. The van der Waals surface area contributed by atoms with Crippen molar-refractivity contribution in [2.75, 3.05) is 24.6 Å². The molecule has 0 saturated carbocycles. The Bertz CT molecular complexity index is 1090. The smallest absolute Gasteiger partial charge is 0.265 e. The molecule has 0 bridgehead atoms. The number of H-pyrrole nitrogens is 1. The topological polar surface area (TPSA) is 104 Å². The first kappa shape index (κ1) is 19.6. The third-order valence-electron chi connectivity index (χ3n) is 4.99. The molecule has 4 rings (SSSR count). The number of hydrogen-bond donors (Lipinski definition) is 2. The summed E-state index contributed by atoms with van der Waals surface area (Å²) in [5.41, 5.74) is 2.88.